The van der Waals surface area contributed by atoms with Crippen LogP contribution in [-0.4, -0.2) is 20.7 Å². The minimum atomic E-state index is -0.520. The van der Waals surface area contributed by atoms with E-state index < -0.39 is 4.83 Å². The van der Waals surface area contributed by atoms with Crippen molar-refractivity contribution >= 4 is 27.7 Å². The smallest absolute Gasteiger partial charge is 0.243 e. The maximum absolute atomic E-state index is 13.4. The van der Waals surface area contributed by atoms with Crippen LogP contribution in [0.15, 0.2) is 79.1 Å². The zero-order valence-electron chi connectivity index (χ0n) is 16.1. The average molecular weight is 465 g/mol. The van der Waals surface area contributed by atoms with Gasteiger partial charge in [-0.15, -0.1) is 0 Å². The van der Waals surface area contributed by atoms with Gasteiger partial charge in [-0.3, -0.25) is 14.5 Å². The first-order valence-corrected chi connectivity index (χ1v) is 10.2. The van der Waals surface area contributed by atoms with Gasteiger partial charge in [0.05, 0.1) is 5.56 Å². The van der Waals surface area contributed by atoms with Crippen LogP contribution in [-0.2, 0) is 11.8 Å². The van der Waals surface area contributed by atoms with E-state index in [9.17, 15) is 9.18 Å². The Kier molecular flexibility index (Phi) is 5.72. The number of anilines is 1. The minimum absolute atomic E-state index is 0.217. The maximum Gasteiger partial charge on any atom is 0.243 e. The summed E-state index contributed by atoms with van der Waals surface area (Å²) >= 11 is 3.48. The molecular formula is C23H18BrFN4O. The van der Waals surface area contributed by atoms with E-state index in [4.69, 9.17) is 0 Å². The molecule has 0 aliphatic carbocycles. The third kappa shape index (κ3) is 4.02. The number of halogens is 2. The topological polar surface area (TPSA) is 59.8 Å². The molecule has 7 heteroatoms. The van der Waals surface area contributed by atoms with Crippen molar-refractivity contribution in [2.75, 3.05) is 5.32 Å². The van der Waals surface area contributed by atoms with Crippen LogP contribution >= 0.6 is 15.9 Å². The van der Waals surface area contributed by atoms with Crippen LogP contribution in [0, 0.1) is 5.82 Å². The number of hydrogen-bond donors (Lipinski definition) is 1. The summed E-state index contributed by atoms with van der Waals surface area (Å²) in [5.41, 5.74) is 3.83. The summed E-state index contributed by atoms with van der Waals surface area (Å²) in [6.45, 7) is 0. The van der Waals surface area contributed by atoms with Crippen LogP contribution in [0.1, 0.15) is 10.4 Å². The molecule has 1 amide bonds. The van der Waals surface area contributed by atoms with Gasteiger partial charge in [0.25, 0.3) is 0 Å². The zero-order valence-corrected chi connectivity index (χ0v) is 17.7. The zero-order chi connectivity index (χ0) is 21.1. The molecule has 2 aromatic heterocycles. The van der Waals surface area contributed by atoms with Crippen molar-refractivity contribution in [2.24, 2.45) is 7.05 Å². The number of alkyl halides is 1. The van der Waals surface area contributed by atoms with Gasteiger partial charge in [0, 0.05) is 25.0 Å². The van der Waals surface area contributed by atoms with Crippen LogP contribution in [0.2, 0.25) is 0 Å². The lowest BCUT2D eigenvalue weighted by Gasteiger charge is -2.13. The number of amides is 1. The lowest BCUT2D eigenvalue weighted by Crippen LogP contribution is -2.19. The second-order valence-electron chi connectivity index (χ2n) is 6.70. The van der Waals surface area contributed by atoms with Gasteiger partial charge in [0.15, 0.2) is 0 Å². The van der Waals surface area contributed by atoms with E-state index >= 15 is 0 Å². The third-order valence-corrected chi connectivity index (χ3v) is 5.64. The molecule has 5 nitrogen and oxygen atoms in total. The molecule has 1 N–H and O–H groups in total. The summed E-state index contributed by atoms with van der Waals surface area (Å²) < 4.78 is 15.1. The second-order valence-corrected chi connectivity index (χ2v) is 7.62. The third-order valence-electron chi connectivity index (χ3n) is 4.70. The number of pyridine rings is 1. The normalized spacial score (nSPS) is 11.8. The van der Waals surface area contributed by atoms with E-state index in [0.29, 0.717) is 11.5 Å². The Morgan fingerprint density at radius 2 is 1.67 bits per heavy atom. The first-order chi connectivity index (χ1) is 14.5. The number of benzene rings is 2. The van der Waals surface area contributed by atoms with Crippen molar-refractivity contribution < 1.29 is 9.18 Å². The number of carbonyl (C=O) groups excluding carboxylic acids is 1. The summed E-state index contributed by atoms with van der Waals surface area (Å²) in [5.74, 6) is 0.00901. The van der Waals surface area contributed by atoms with E-state index in [1.54, 1.807) is 36.3 Å². The van der Waals surface area contributed by atoms with Gasteiger partial charge in [-0.25, -0.2) is 4.39 Å². The van der Waals surface area contributed by atoms with E-state index in [1.807, 2.05) is 42.5 Å². The Balaban J connectivity index is 1.78. The van der Waals surface area contributed by atoms with Crippen molar-refractivity contribution in [3.63, 3.8) is 0 Å². The number of rotatable bonds is 5. The first kappa shape index (κ1) is 20.0. The highest BCUT2D eigenvalue weighted by Gasteiger charge is 2.24. The molecule has 4 aromatic rings. The van der Waals surface area contributed by atoms with Crippen molar-refractivity contribution in [2.45, 2.75) is 4.83 Å². The molecule has 30 heavy (non-hydrogen) atoms. The van der Waals surface area contributed by atoms with Crippen LogP contribution in [0.3, 0.4) is 0 Å². The molecule has 2 aromatic carbocycles. The molecule has 0 aliphatic rings. The Hall–Kier alpha value is -3.32. The van der Waals surface area contributed by atoms with Gasteiger partial charge in [0.2, 0.25) is 5.91 Å². The molecule has 0 aliphatic heterocycles. The van der Waals surface area contributed by atoms with Crippen molar-refractivity contribution in [1.82, 2.24) is 14.8 Å². The summed E-state index contributed by atoms with van der Waals surface area (Å²) in [6.07, 6.45) is 3.36. The fourth-order valence-electron chi connectivity index (χ4n) is 3.22. The Labute approximate surface area is 181 Å². The SMILES string of the molecule is Cn1nc(-c2ccc(F)cc2)c(-c2ccncc2)c1NC(=O)C(Br)c1ccccc1. The molecule has 1 unspecified atom stereocenters. The van der Waals surface area contributed by atoms with Crippen LogP contribution in [0.4, 0.5) is 10.2 Å². The Morgan fingerprint density at radius 1 is 1.00 bits per heavy atom. The van der Waals surface area contributed by atoms with Crippen LogP contribution in [0.5, 0.6) is 0 Å². The highest BCUT2D eigenvalue weighted by molar-refractivity contribution is 9.09. The minimum Gasteiger partial charge on any atom is -0.309 e. The lowest BCUT2D eigenvalue weighted by atomic mass is 10.0. The largest absolute Gasteiger partial charge is 0.309 e. The summed E-state index contributed by atoms with van der Waals surface area (Å²) in [7, 11) is 1.76. The van der Waals surface area contributed by atoms with Gasteiger partial charge in [-0.1, -0.05) is 46.3 Å². The number of nitrogens with zero attached hydrogens (tertiary/aromatic N) is 3. The fraction of sp³-hybridized carbons (Fsp3) is 0.0870. The van der Waals surface area contributed by atoms with E-state index in [2.05, 4.69) is 31.3 Å². The first-order valence-electron chi connectivity index (χ1n) is 9.28. The molecule has 150 valence electrons. The molecule has 0 radical (unpaired) electrons. The van der Waals surface area contributed by atoms with E-state index in [-0.39, 0.29) is 11.7 Å². The second kappa shape index (κ2) is 8.59. The molecule has 0 saturated heterocycles. The summed E-state index contributed by atoms with van der Waals surface area (Å²) in [4.78, 5) is 16.5. The molecule has 1 atom stereocenters. The maximum atomic E-state index is 13.4. The predicted molar refractivity (Wildman–Crippen MR) is 119 cm³/mol. The highest BCUT2D eigenvalue weighted by atomic mass is 79.9. The highest BCUT2D eigenvalue weighted by Crippen LogP contribution is 2.38. The molecule has 2 heterocycles. The van der Waals surface area contributed by atoms with Gasteiger partial charge >= 0.3 is 0 Å². The Bertz CT molecular complexity index is 1160. The standard InChI is InChI=1S/C23H18BrFN4O/c1-29-22(27-23(30)20(24)16-5-3-2-4-6-16)19(15-11-13-26-14-12-15)21(28-29)17-7-9-18(25)10-8-17/h2-14,20H,1H3,(H,27,30). The molecule has 0 saturated carbocycles. The number of aromatic nitrogens is 3. The number of carbonyl (C=O) groups is 1. The number of hydrogen-bond acceptors (Lipinski definition) is 3. The fourth-order valence-corrected chi connectivity index (χ4v) is 3.64. The molecular weight excluding hydrogens is 447 g/mol. The summed E-state index contributed by atoms with van der Waals surface area (Å²) in [6, 6.07) is 19.3. The van der Waals surface area contributed by atoms with Crippen molar-refractivity contribution in [3.05, 3.63) is 90.5 Å². The van der Waals surface area contributed by atoms with Gasteiger partial charge in [-0.2, -0.15) is 5.10 Å². The molecule has 4 rings (SSSR count). The van der Waals surface area contributed by atoms with Crippen LogP contribution < -0.4 is 5.32 Å². The Morgan fingerprint density at radius 3 is 2.33 bits per heavy atom. The van der Waals surface area contributed by atoms with E-state index in [0.717, 1.165) is 22.3 Å². The number of aryl methyl sites for hydroxylation is 1. The van der Waals surface area contributed by atoms with Crippen molar-refractivity contribution in [3.8, 4) is 22.4 Å². The van der Waals surface area contributed by atoms with Crippen molar-refractivity contribution in [1.29, 1.82) is 0 Å². The molecule has 0 bridgehead atoms. The average Bonchev–Trinajstić information content (AvgIpc) is 3.10. The molecule has 0 spiro atoms. The van der Waals surface area contributed by atoms with Crippen LogP contribution in [0.25, 0.3) is 22.4 Å². The predicted octanol–water partition coefficient (Wildman–Crippen LogP) is 5.36. The lowest BCUT2D eigenvalue weighted by molar-refractivity contribution is -0.115. The summed E-state index contributed by atoms with van der Waals surface area (Å²) in [5, 5.41) is 7.61. The van der Waals surface area contributed by atoms with Gasteiger partial charge in [0.1, 0.15) is 22.2 Å². The molecule has 0 fully saturated rings. The van der Waals surface area contributed by atoms with Gasteiger partial charge < -0.3 is 5.32 Å². The number of nitrogens with one attached hydrogen (secondary N) is 1. The van der Waals surface area contributed by atoms with E-state index in [1.165, 1.54) is 12.1 Å². The monoisotopic (exact) mass is 464 g/mol. The quantitative estimate of drug-likeness (QED) is 0.404. The van der Waals surface area contributed by atoms with Gasteiger partial charge in [-0.05, 0) is 47.5 Å².